The van der Waals surface area contributed by atoms with E-state index in [9.17, 15) is 18.4 Å². The van der Waals surface area contributed by atoms with E-state index in [1.165, 1.54) is 18.2 Å². The molecule has 2 aromatic rings. The second kappa shape index (κ2) is 8.50. The Morgan fingerprint density at radius 2 is 1.82 bits per heavy atom. The van der Waals surface area contributed by atoms with Crippen molar-refractivity contribution in [3.63, 3.8) is 0 Å². The monoisotopic (exact) mass is 386 g/mol. The van der Waals surface area contributed by atoms with Gasteiger partial charge in [-0.25, -0.2) is 8.78 Å². The molecule has 2 aromatic carbocycles. The Morgan fingerprint density at radius 3 is 2.46 bits per heavy atom. The van der Waals surface area contributed by atoms with Crippen LogP contribution in [0.15, 0.2) is 48.5 Å². The average molecular weight is 386 g/mol. The Hall–Kier alpha value is -2.76. The van der Waals surface area contributed by atoms with Crippen LogP contribution >= 0.6 is 0 Å². The van der Waals surface area contributed by atoms with Gasteiger partial charge >= 0.3 is 0 Å². The van der Waals surface area contributed by atoms with Gasteiger partial charge in [-0.15, -0.1) is 0 Å². The number of hydrogen-bond acceptors (Lipinski definition) is 2. The number of carbonyl (C=O) groups excluding carboxylic acids is 2. The molecule has 0 radical (unpaired) electrons. The lowest BCUT2D eigenvalue weighted by molar-refractivity contribution is -0.147. The molecule has 1 aliphatic rings. The number of amides is 2. The highest BCUT2D eigenvalue weighted by atomic mass is 19.1. The minimum absolute atomic E-state index is 0.0685. The van der Waals surface area contributed by atoms with E-state index in [2.05, 4.69) is 0 Å². The van der Waals surface area contributed by atoms with Gasteiger partial charge in [0.05, 0.1) is 12.0 Å². The number of nitrogens with zero attached hydrogens (tertiary/aromatic N) is 2. The number of piperidine rings is 1. The maximum Gasteiger partial charge on any atom is 0.228 e. The summed E-state index contributed by atoms with van der Waals surface area (Å²) in [6.07, 6.45) is 0.639. The van der Waals surface area contributed by atoms with Crippen molar-refractivity contribution in [1.29, 1.82) is 0 Å². The summed E-state index contributed by atoms with van der Waals surface area (Å²) in [5, 5.41) is 0. The lowest BCUT2D eigenvalue weighted by atomic mass is 9.83. The molecule has 2 amide bonds. The van der Waals surface area contributed by atoms with Crippen molar-refractivity contribution in [3.05, 3.63) is 71.3 Å². The molecule has 0 bridgehead atoms. The van der Waals surface area contributed by atoms with Crippen molar-refractivity contribution in [2.75, 3.05) is 13.6 Å². The van der Waals surface area contributed by atoms with Crippen LogP contribution in [0.5, 0.6) is 0 Å². The zero-order chi connectivity index (χ0) is 20.3. The summed E-state index contributed by atoms with van der Waals surface area (Å²) in [5.74, 6) is -1.49. The fourth-order valence-electron chi connectivity index (χ4n) is 3.91. The number of hydrogen-bond donors (Lipinski definition) is 0. The lowest BCUT2D eigenvalue weighted by Crippen LogP contribution is -2.48. The van der Waals surface area contributed by atoms with Crippen LogP contribution in [0.4, 0.5) is 8.78 Å². The molecular weight excluding hydrogens is 362 g/mol. The summed E-state index contributed by atoms with van der Waals surface area (Å²) in [6.45, 7) is 2.56. The van der Waals surface area contributed by atoms with Gasteiger partial charge in [0.2, 0.25) is 11.8 Å². The Labute approximate surface area is 163 Å². The van der Waals surface area contributed by atoms with E-state index < -0.39 is 17.8 Å². The topological polar surface area (TPSA) is 40.6 Å². The Kier molecular flexibility index (Phi) is 6.07. The van der Waals surface area contributed by atoms with Gasteiger partial charge in [-0.2, -0.15) is 0 Å². The van der Waals surface area contributed by atoms with Gasteiger partial charge in [0, 0.05) is 32.1 Å². The second-order valence-corrected chi connectivity index (χ2v) is 7.11. The van der Waals surface area contributed by atoms with Crippen LogP contribution in [0.25, 0.3) is 0 Å². The zero-order valence-corrected chi connectivity index (χ0v) is 16.1. The van der Waals surface area contributed by atoms with Crippen molar-refractivity contribution in [2.45, 2.75) is 32.4 Å². The summed E-state index contributed by atoms with van der Waals surface area (Å²) in [6, 6.07) is 11.7. The first-order valence-corrected chi connectivity index (χ1v) is 9.45. The molecule has 0 N–H and O–H groups in total. The molecule has 0 spiro atoms. The van der Waals surface area contributed by atoms with E-state index in [0.717, 1.165) is 5.56 Å². The molecule has 148 valence electrons. The van der Waals surface area contributed by atoms with Gasteiger partial charge in [-0.1, -0.05) is 30.3 Å². The van der Waals surface area contributed by atoms with Gasteiger partial charge in [0.15, 0.2) is 0 Å². The molecule has 4 nitrogen and oxygen atoms in total. The van der Waals surface area contributed by atoms with E-state index in [1.54, 1.807) is 47.2 Å². The van der Waals surface area contributed by atoms with Crippen LogP contribution in [-0.2, 0) is 16.1 Å². The molecule has 3 rings (SSSR count). The number of rotatable bonds is 5. The molecule has 6 heteroatoms. The second-order valence-electron chi connectivity index (χ2n) is 7.11. The quantitative estimate of drug-likeness (QED) is 0.781. The molecule has 0 aliphatic carbocycles. The molecule has 28 heavy (non-hydrogen) atoms. The van der Waals surface area contributed by atoms with E-state index in [0.29, 0.717) is 25.1 Å². The van der Waals surface area contributed by atoms with E-state index in [4.69, 9.17) is 0 Å². The van der Waals surface area contributed by atoms with Gasteiger partial charge in [0.25, 0.3) is 0 Å². The molecule has 1 fully saturated rings. The van der Waals surface area contributed by atoms with Gasteiger partial charge in [-0.05, 0) is 37.1 Å². The van der Waals surface area contributed by atoms with Crippen LogP contribution in [0.2, 0.25) is 0 Å². The van der Waals surface area contributed by atoms with Crippen LogP contribution in [-0.4, -0.2) is 35.2 Å². The summed E-state index contributed by atoms with van der Waals surface area (Å²) >= 11 is 0. The summed E-state index contributed by atoms with van der Waals surface area (Å²) < 4.78 is 27.7. The molecule has 1 heterocycles. The first-order chi connectivity index (χ1) is 13.4. The normalized spacial score (nSPS) is 19.6. The van der Waals surface area contributed by atoms with Crippen LogP contribution in [0.1, 0.15) is 36.9 Å². The van der Waals surface area contributed by atoms with Crippen molar-refractivity contribution in [1.82, 2.24) is 9.80 Å². The first-order valence-electron chi connectivity index (χ1n) is 9.45. The average Bonchev–Trinajstić information content (AvgIpc) is 2.69. The van der Waals surface area contributed by atoms with Gasteiger partial charge in [-0.3, -0.25) is 9.59 Å². The third-order valence-electron chi connectivity index (χ3n) is 5.30. The maximum atomic E-state index is 14.5. The summed E-state index contributed by atoms with van der Waals surface area (Å²) in [4.78, 5) is 28.8. The third-order valence-corrected chi connectivity index (χ3v) is 5.30. The van der Waals surface area contributed by atoms with E-state index >= 15 is 0 Å². The number of likely N-dealkylation sites (tertiary alicyclic amines) is 1. The molecule has 1 saturated heterocycles. The van der Waals surface area contributed by atoms with Gasteiger partial charge in [0.1, 0.15) is 11.6 Å². The lowest BCUT2D eigenvalue weighted by Gasteiger charge is -2.41. The number of halogens is 2. The van der Waals surface area contributed by atoms with Crippen molar-refractivity contribution in [2.24, 2.45) is 5.92 Å². The number of carbonyl (C=O) groups is 2. The molecule has 0 unspecified atom stereocenters. The van der Waals surface area contributed by atoms with Crippen molar-refractivity contribution >= 4 is 11.8 Å². The highest BCUT2D eigenvalue weighted by molar-refractivity contribution is 5.85. The van der Waals surface area contributed by atoms with Crippen LogP contribution in [0, 0.1) is 17.6 Å². The van der Waals surface area contributed by atoms with E-state index in [-0.39, 0.29) is 24.1 Å². The fraction of sp³-hybridized carbons (Fsp3) is 0.364. The fourth-order valence-corrected chi connectivity index (χ4v) is 3.91. The van der Waals surface area contributed by atoms with E-state index in [1.807, 2.05) is 6.92 Å². The number of benzene rings is 2. The molecule has 0 saturated carbocycles. The molecular formula is C22H24F2N2O2. The smallest absolute Gasteiger partial charge is 0.228 e. The third kappa shape index (κ3) is 4.06. The van der Waals surface area contributed by atoms with Crippen molar-refractivity contribution < 1.29 is 18.4 Å². The minimum Gasteiger partial charge on any atom is -0.341 e. The van der Waals surface area contributed by atoms with Crippen LogP contribution < -0.4 is 0 Å². The zero-order valence-electron chi connectivity index (χ0n) is 16.1. The van der Waals surface area contributed by atoms with Crippen LogP contribution in [0.3, 0.4) is 0 Å². The molecule has 0 aromatic heterocycles. The molecule has 1 aliphatic heterocycles. The maximum absolute atomic E-state index is 14.5. The molecule has 2 atom stereocenters. The minimum atomic E-state index is -0.629. The Balaban J connectivity index is 1.88. The Morgan fingerprint density at radius 1 is 1.14 bits per heavy atom. The highest BCUT2D eigenvalue weighted by Gasteiger charge is 2.42. The Bertz CT molecular complexity index is 854. The van der Waals surface area contributed by atoms with Crippen molar-refractivity contribution in [3.8, 4) is 0 Å². The summed E-state index contributed by atoms with van der Waals surface area (Å²) in [5.41, 5.74) is 1.17. The highest BCUT2D eigenvalue weighted by Crippen LogP contribution is 2.38. The standard InChI is InChI=1S/C22H24F2N2O2/c1-3-26-20(27)13-12-18(21(26)17-6-4-5-7-19(17)24)22(28)25(2)14-15-8-10-16(23)11-9-15/h4-11,18,21H,3,12-14H2,1-2H3/t18-,21+/m1/s1. The SMILES string of the molecule is CCN1C(=O)CC[C@@H](C(=O)N(C)Cc2ccc(F)cc2)[C@@H]1c1ccccc1F. The predicted molar refractivity (Wildman–Crippen MR) is 102 cm³/mol. The predicted octanol–water partition coefficient (Wildman–Crippen LogP) is 3.92. The first kappa shape index (κ1) is 20.0. The van der Waals surface area contributed by atoms with Gasteiger partial charge < -0.3 is 9.80 Å². The summed E-state index contributed by atoms with van der Waals surface area (Å²) in [7, 11) is 1.68. The largest absolute Gasteiger partial charge is 0.341 e.